The van der Waals surface area contributed by atoms with E-state index < -0.39 is 0 Å². The average molecular weight is 461 g/mol. The van der Waals surface area contributed by atoms with E-state index in [2.05, 4.69) is 21.2 Å². The van der Waals surface area contributed by atoms with Gasteiger partial charge >= 0.3 is 0 Å². The molecule has 1 aliphatic rings. The van der Waals surface area contributed by atoms with Crippen LogP contribution in [0.4, 0.5) is 5.69 Å². The van der Waals surface area contributed by atoms with E-state index >= 15 is 0 Å². The Balaban J connectivity index is 1.60. The zero-order valence-corrected chi connectivity index (χ0v) is 17.8. The number of thiocarbonyl (C=S) groups is 1. The van der Waals surface area contributed by atoms with Crippen molar-refractivity contribution in [2.75, 3.05) is 11.9 Å². The molecule has 0 radical (unpaired) electrons. The molecule has 7 heteroatoms. The summed E-state index contributed by atoms with van der Waals surface area (Å²) in [5.74, 6) is -0.308. The molecule has 3 rings (SSSR count). The van der Waals surface area contributed by atoms with Gasteiger partial charge in [0.1, 0.15) is 4.32 Å². The van der Waals surface area contributed by atoms with Crippen LogP contribution < -0.4 is 5.32 Å². The quantitative estimate of drug-likeness (QED) is 0.504. The number of rotatable bonds is 5. The van der Waals surface area contributed by atoms with E-state index in [1.807, 2.05) is 61.5 Å². The number of halogens is 1. The number of thioether (sulfide) groups is 1. The maximum Gasteiger partial charge on any atom is 0.266 e. The number of nitrogens with zero attached hydrogens (tertiary/aromatic N) is 1. The van der Waals surface area contributed by atoms with Crippen LogP contribution in [0.15, 0.2) is 57.9 Å². The maximum atomic E-state index is 12.6. The Kier molecular flexibility index (Phi) is 6.46. The van der Waals surface area contributed by atoms with E-state index in [0.717, 1.165) is 21.3 Å². The summed E-state index contributed by atoms with van der Waals surface area (Å²) in [6.45, 7) is 2.25. The first-order valence-electron chi connectivity index (χ1n) is 8.30. The van der Waals surface area contributed by atoms with Crippen molar-refractivity contribution in [3.8, 4) is 0 Å². The molecule has 0 bridgehead atoms. The van der Waals surface area contributed by atoms with Gasteiger partial charge in [-0.05, 0) is 42.8 Å². The van der Waals surface area contributed by atoms with E-state index in [1.165, 1.54) is 16.7 Å². The van der Waals surface area contributed by atoms with Gasteiger partial charge in [-0.3, -0.25) is 14.5 Å². The summed E-state index contributed by atoms with van der Waals surface area (Å²) in [6.07, 6.45) is 2.00. The monoisotopic (exact) mass is 460 g/mol. The van der Waals surface area contributed by atoms with Crippen LogP contribution in [0.25, 0.3) is 6.08 Å². The Morgan fingerprint density at radius 2 is 2.00 bits per heavy atom. The molecule has 4 nitrogen and oxygen atoms in total. The SMILES string of the molecule is Cc1ccc(NC(=O)CCN2C(=O)C(=Cc3cccc(Br)c3)SC2=S)cc1. The zero-order chi connectivity index (χ0) is 19.4. The van der Waals surface area contributed by atoms with Crippen molar-refractivity contribution in [2.45, 2.75) is 13.3 Å². The van der Waals surface area contributed by atoms with Gasteiger partial charge in [0.25, 0.3) is 5.91 Å². The molecule has 27 heavy (non-hydrogen) atoms. The molecule has 1 heterocycles. The molecule has 1 aliphatic heterocycles. The molecular weight excluding hydrogens is 444 g/mol. The highest BCUT2D eigenvalue weighted by atomic mass is 79.9. The zero-order valence-electron chi connectivity index (χ0n) is 14.6. The van der Waals surface area contributed by atoms with Gasteiger partial charge in [-0.25, -0.2) is 0 Å². The lowest BCUT2D eigenvalue weighted by Crippen LogP contribution is -2.31. The number of nitrogens with one attached hydrogen (secondary N) is 1. The summed E-state index contributed by atoms with van der Waals surface area (Å²) in [5, 5.41) is 2.83. The average Bonchev–Trinajstić information content (AvgIpc) is 2.88. The fourth-order valence-corrected chi connectivity index (χ4v) is 4.24. The highest BCUT2D eigenvalue weighted by Gasteiger charge is 2.32. The molecule has 0 atom stereocenters. The standard InChI is InChI=1S/C20H17BrN2O2S2/c1-13-5-7-16(8-6-13)22-18(24)9-10-23-19(25)17(27-20(23)26)12-14-3-2-4-15(21)11-14/h2-8,11-12H,9-10H2,1H3,(H,22,24). The number of hydrogen-bond donors (Lipinski definition) is 1. The molecule has 0 unspecified atom stereocenters. The van der Waals surface area contributed by atoms with E-state index in [4.69, 9.17) is 12.2 Å². The Hall–Kier alpha value is -1.96. The normalized spacial score (nSPS) is 15.5. The second-order valence-electron chi connectivity index (χ2n) is 6.05. The first kappa shape index (κ1) is 19.8. The molecule has 1 fully saturated rings. The minimum Gasteiger partial charge on any atom is -0.326 e. The Morgan fingerprint density at radius 1 is 1.26 bits per heavy atom. The van der Waals surface area contributed by atoms with Crippen molar-refractivity contribution < 1.29 is 9.59 Å². The van der Waals surface area contributed by atoms with Crippen LogP contribution in [0.1, 0.15) is 17.5 Å². The van der Waals surface area contributed by atoms with Gasteiger partial charge in [0.2, 0.25) is 5.91 Å². The van der Waals surface area contributed by atoms with E-state index in [-0.39, 0.29) is 24.8 Å². The number of hydrogen-bond acceptors (Lipinski definition) is 4. The van der Waals surface area contributed by atoms with Gasteiger partial charge in [0.05, 0.1) is 4.91 Å². The number of anilines is 1. The Bertz CT molecular complexity index is 926. The number of amides is 2. The van der Waals surface area contributed by atoms with Crippen molar-refractivity contribution >= 4 is 67.8 Å². The third kappa shape index (κ3) is 5.28. The summed E-state index contributed by atoms with van der Waals surface area (Å²) >= 11 is 10.0. The predicted octanol–water partition coefficient (Wildman–Crippen LogP) is 4.99. The molecule has 0 aromatic heterocycles. The lowest BCUT2D eigenvalue weighted by atomic mass is 10.2. The third-order valence-corrected chi connectivity index (χ3v) is 5.79. The minimum atomic E-state index is -0.159. The molecule has 1 saturated heterocycles. The maximum absolute atomic E-state index is 12.6. The molecule has 0 spiro atoms. The second kappa shape index (κ2) is 8.82. The van der Waals surface area contributed by atoms with Gasteiger partial charge in [0, 0.05) is 23.1 Å². The first-order valence-corrected chi connectivity index (χ1v) is 10.3. The predicted molar refractivity (Wildman–Crippen MR) is 118 cm³/mol. The van der Waals surface area contributed by atoms with Crippen LogP contribution in [0.2, 0.25) is 0 Å². The van der Waals surface area contributed by atoms with Gasteiger partial charge in [-0.2, -0.15) is 0 Å². The van der Waals surface area contributed by atoms with Crippen molar-refractivity contribution in [2.24, 2.45) is 0 Å². The van der Waals surface area contributed by atoms with Gasteiger partial charge in [-0.1, -0.05) is 69.7 Å². The van der Waals surface area contributed by atoms with Gasteiger partial charge in [-0.15, -0.1) is 0 Å². The summed E-state index contributed by atoms with van der Waals surface area (Å²) < 4.78 is 1.42. The van der Waals surface area contributed by atoms with Gasteiger partial charge in [0.15, 0.2) is 0 Å². The van der Waals surface area contributed by atoms with Crippen LogP contribution in [-0.4, -0.2) is 27.6 Å². The fraction of sp³-hybridized carbons (Fsp3) is 0.150. The lowest BCUT2D eigenvalue weighted by Gasteiger charge is -2.14. The molecule has 2 aromatic rings. The fourth-order valence-electron chi connectivity index (χ4n) is 2.51. The topological polar surface area (TPSA) is 49.4 Å². The molecule has 0 aliphatic carbocycles. The van der Waals surface area contributed by atoms with Crippen LogP contribution in [-0.2, 0) is 9.59 Å². The Morgan fingerprint density at radius 3 is 2.70 bits per heavy atom. The molecule has 0 saturated carbocycles. The highest BCUT2D eigenvalue weighted by Crippen LogP contribution is 2.33. The van der Waals surface area contributed by atoms with Crippen molar-refractivity contribution in [3.63, 3.8) is 0 Å². The first-order chi connectivity index (χ1) is 12.9. The largest absolute Gasteiger partial charge is 0.326 e. The summed E-state index contributed by atoms with van der Waals surface area (Å²) in [7, 11) is 0. The number of carbonyl (C=O) groups excluding carboxylic acids is 2. The van der Waals surface area contributed by atoms with Gasteiger partial charge < -0.3 is 5.32 Å². The minimum absolute atomic E-state index is 0.149. The smallest absolute Gasteiger partial charge is 0.266 e. The van der Waals surface area contributed by atoms with Crippen LogP contribution in [0.3, 0.4) is 0 Å². The van der Waals surface area contributed by atoms with Crippen LogP contribution in [0, 0.1) is 6.92 Å². The van der Waals surface area contributed by atoms with E-state index in [1.54, 1.807) is 0 Å². The number of benzene rings is 2. The summed E-state index contributed by atoms with van der Waals surface area (Å²) in [4.78, 5) is 26.8. The van der Waals surface area contributed by atoms with Crippen LogP contribution in [0.5, 0.6) is 0 Å². The van der Waals surface area contributed by atoms with Crippen LogP contribution >= 0.6 is 39.9 Å². The molecule has 2 aromatic carbocycles. The van der Waals surface area contributed by atoms with E-state index in [9.17, 15) is 9.59 Å². The van der Waals surface area contributed by atoms with Crippen molar-refractivity contribution in [3.05, 3.63) is 69.0 Å². The summed E-state index contributed by atoms with van der Waals surface area (Å²) in [6, 6.07) is 15.3. The summed E-state index contributed by atoms with van der Waals surface area (Å²) in [5.41, 5.74) is 2.79. The third-order valence-electron chi connectivity index (χ3n) is 3.92. The number of carbonyl (C=O) groups is 2. The van der Waals surface area contributed by atoms with Crippen molar-refractivity contribution in [1.29, 1.82) is 0 Å². The highest BCUT2D eigenvalue weighted by molar-refractivity contribution is 9.10. The molecule has 138 valence electrons. The lowest BCUT2D eigenvalue weighted by molar-refractivity contribution is -0.122. The second-order valence-corrected chi connectivity index (χ2v) is 8.64. The number of aryl methyl sites for hydroxylation is 1. The van der Waals surface area contributed by atoms with E-state index in [0.29, 0.717) is 9.23 Å². The Labute approximate surface area is 176 Å². The van der Waals surface area contributed by atoms with Crippen molar-refractivity contribution in [1.82, 2.24) is 4.90 Å². The molecule has 1 N–H and O–H groups in total. The molecule has 2 amide bonds. The molecular formula is C20H17BrN2O2S2.